The maximum Gasteiger partial charge on any atom is 0.271 e. The average molecular weight is 311 g/mol. The Balaban J connectivity index is 1.74. The number of hydrogen-bond donors (Lipinski definition) is 1. The van der Waals surface area contributed by atoms with E-state index in [4.69, 9.17) is 0 Å². The van der Waals surface area contributed by atoms with Crippen molar-refractivity contribution in [2.75, 3.05) is 0 Å². The lowest BCUT2D eigenvalue weighted by molar-refractivity contribution is 0.0945. The highest BCUT2D eigenvalue weighted by atomic mass is 32.1. The molecule has 22 heavy (non-hydrogen) atoms. The van der Waals surface area contributed by atoms with Crippen LogP contribution in [0, 0.1) is 6.92 Å². The van der Waals surface area contributed by atoms with Crippen LogP contribution in [0.5, 0.6) is 0 Å². The zero-order valence-corrected chi connectivity index (χ0v) is 12.7. The van der Waals surface area contributed by atoms with Crippen LogP contribution in [0.3, 0.4) is 0 Å². The third-order valence-corrected chi connectivity index (χ3v) is 3.68. The number of hydrogen-bond acceptors (Lipinski definition) is 6. The highest BCUT2D eigenvalue weighted by Gasteiger charge is 2.11. The van der Waals surface area contributed by atoms with Gasteiger partial charge in [-0.1, -0.05) is 0 Å². The Labute approximate surface area is 131 Å². The van der Waals surface area contributed by atoms with E-state index in [0.717, 1.165) is 17.0 Å². The van der Waals surface area contributed by atoms with Crippen molar-refractivity contribution in [3.8, 4) is 11.3 Å². The molecule has 3 rings (SSSR count). The minimum absolute atomic E-state index is 0.283. The highest BCUT2D eigenvalue weighted by molar-refractivity contribution is 7.08. The monoisotopic (exact) mass is 311 g/mol. The van der Waals surface area contributed by atoms with Crippen molar-refractivity contribution < 1.29 is 4.79 Å². The summed E-state index contributed by atoms with van der Waals surface area (Å²) in [6.45, 7) is 2.11. The van der Waals surface area contributed by atoms with E-state index >= 15 is 0 Å². The summed E-state index contributed by atoms with van der Waals surface area (Å²) in [6.07, 6.45) is 6.28. The van der Waals surface area contributed by atoms with E-state index in [1.54, 1.807) is 29.9 Å². The summed E-state index contributed by atoms with van der Waals surface area (Å²) in [5.41, 5.74) is 3.54. The molecule has 3 heterocycles. The fraction of sp³-hybridized carbons (Fsp3) is 0.133. The van der Waals surface area contributed by atoms with Crippen molar-refractivity contribution in [1.29, 1.82) is 0 Å². The van der Waals surface area contributed by atoms with E-state index in [1.165, 1.54) is 6.20 Å². The Morgan fingerprint density at radius 3 is 2.77 bits per heavy atom. The van der Waals surface area contributed by atoms with Gasteiger partial charge in [0.05, 0.1) is 29.8 Å². The molecule has 0 aliphatic rings. The van der Waals surface area contributed by atoms with E-state index in [9.17, 15) is 4.79 Å². The molecule has 7 heteroatoms. The Hall–Kier alpha value is -2.67. The van der Waals surface area contributed by atoms with E-state index < -0.39 is 0 Å². The maximum absolute atomic E-state index is 12.1. The summed E-state index contributed by atoms with van der Waals surface area (Å²) in [7, 11) is 0. The second kappa shape index (κ2) is 6.40. The molecule has 1 amide bonds. The predicted octanol–water partition coefficient (Wildman–Crippen LogP) is 2.23. The van der Waals surface area contributed by atoms with Crippen molar-refractivity contribution in [2.24, 2.45) is 0 Å². The quantitative estimate of drug-likeness (QED) is 0.799. The van der Waals surface area contributed by atoms with Crippen molar-refractivity contribution >= 4 is 17.2 Å². The first-order valence-corrected chi connectivity index (χ1v) is 7.57. The Kier molecular flexibility index (Phi) is 4.15. The van der Waals surface area contributed by atoms with Crippen molar-refractivity contribution in [1.82, 2.24) is 25.3 Å². The molecule has 0 unspecified atom stereocenters. The molecule has 0 aliphatic heterocycles. The number of carbonyl (C=O) groups excluding carboxylic acids is 1. The molecule has 0 atom stereocenters. The minimum Gasteiger partial charge on any atom is -0.345 e. The molecular formula is C15H13N5OS. The number of thiophene rings is 1. The molecular weight excluding hydrogens is 298 g/mol. The highest BCUT2D eigenvalue weighted by Crippen LogP contribution is 2.22. The SMILES string of the molecule is Cc1cnc(C(=O)NCc2nccnc2-c2ccsc2)cn1. The van der Waals surface area contributed by atoms with Crippen LogP contribution in [0.2, 0.25) is 0 Å². The molecule has 3 aromatic heterocycles. The lowest BCUT2D eigenvalue weighted by Crippen LogP contribution is -2.25. The van der Waals surface area contributed by atoms with Gasteiger partial charge in [-0.25, -0.2) is 4.98 Å². The number of aromatic nitrogens is 4. The normalized spacial score (nSPS) is 10.4. The Bertz CT molecular complexity index is 771. The first kappa shape index (κ1) is 14.3. The van der Waals surface area contributed by atoms with Gasteiger partial charge >= 0.3 is 0 Å². The van der Waals surface area contributed by atoms with Crippen LogP contribution in [-0.2, 0) is 6.54 Å². The lowest BCUT2D eigenvalue weighted by Gasteiger charge is -2.07. The van der Waals surface area contributed by atoms with Gasteiger partial charge < -0.3 is 5.32 Å². The van der Waals surface area contributed by atoms with Gasteiger partial charge in [0, 0.05) is 29.5 Å². The molecule has 1 N–H and O–H groups in total. The molecule has 0 radical (unpaired) electrons. The van der Waals surface area contributed by atoms with Crippen LogP contribution in [0.25, 0.3) is 11.3 Å². The topological polar surface area (TPSA) is 80.7 Å². The second-order valence-electron chi connectivity index (χ2n) is 4.59. The number of amides is 1. The fourth-order valence-corrected chi connectivity index (χ4v) is 2.54. The maximum atomic E-state index is 12.1. The van der Waals surface area contributed by atoms with Crippen molar-refractivity contribution in [2.45, 2.75) is 13.5 Å². The Morgan fingerprint density at radius 1 is 1.18 bits per heavy atom. The van der Waals surface area contributed by atoms with E-state index in [-0.39, 0.29) is 18.1 Å². The third-order valence-electron chi connectivity index (χ3n) is 3.00. The first-order valence-electron chi connectivity index (χ1n) is 6.63. The second-order valence-corrected chi connectivity index (χ2v) is 5.37. The van der Waals surface area contributed by atoms with Gasteiger partial charge in [0.15, 0.2) is 0 Å². The fourth-order valence-electron chi connectivity index (χ4n) is 1.90. The number of rotatable bonds is 4. The molecule has 0 saturated carbocycles. The summed E-state index contributed by atoms with van der Waals surface area (Å²) in [5.74, 6) is -0.283. The molecule has 3 aromatic rings. The number of nitrogens with one attached hydrogen (secondary N) is 1. The van der Waals surface area contributed by atoms with Gasteiger partial charge in [0.25, 0.3) is 5.91 Å². The predicted molar refractivity (Wildman–Crippen MR) is 83.3 cm³/mol. The van der Waals surface area contributed by atoms with Crippen LogP contribution in [0.4, 0.5) is 0 Å². The minimum atomic E-state index is -0.283. The van der Waals surface area contributed by atoms with E-state index in [0.29, 0.717) is 5.69 Å². The molecule has 6 nitrogen and oxygen atoms in total. The van der Waals surface area contributed by atoms with E-state index in [2.05, 4.69) is 25.3 Å². The summed E-state index contributed by atoms with van der Waals surface area (Å²) < 4.78 is 0. The van der Waals surface area contributed by atoms with Crippen LogP contribution >= 0.6 is 11.3 Å². The first-order chi connectivity index (χ1) is 10.7. The molecule has 0 aliphatic carbocycles. The van der Waals surface area contributed by atoms with Crippen LogP contribution in [-0.4, -0.2) is 25.8 Å². The van der Waals surface area contributed by atoms with Crippen LogP contribution in [0.1, 0.15) is 21.9 Å². The number of carbonyl (C=O) groups is 1. The Morgan fingerprint density at radius 2 is 2.05 bits per heavy atom. The lowest BCUT2D eigenvalue weighted by atomic mass is 10.2. The summed E-state index contributed by atoms with van der Waals surface area (Å²) >= 11 is 1.59. The number of aryl methyl sites for hydroxylation is 1. The molecule has 0 fully saturated rings. The van der Waals surface area contributed by atoms with Gasteiger partial charge in [0.2, 0.25) is 0 Å². The molecule has 110 valence electrons. The molecule has 0 aromatic carbocycles. The average Bonchev–Trinajstić information content (AvgIpc) is 3.08. The standard InChI is InChI=1S/C15H13N5OS/c1-10-6-19-13(8-18-10)15(21)20-7-12-14(17-4-3-16-12)11-2-5-22-9-11/h2-6,8-9H,7H2,1H3,(H,20,21). The smallest absolute Gasteiger partial charge is 0.271 e. The molecule has 0 saturated heterocycles. The van der Waals surface area contributed by atoms with Gasteiger partial charge in [-0.3, -0.25) is 19.7 Å². The van der Waals surface area contributed by atoms with Crippen LogP contribution in [0.15, 0.2) is 41.6 Å². The largest absolute Gasteiger partial charge is 0.345 e. The summed E-state index contributed by atoms with van der Waals surface area (Å²) in [5, 5.41) is 6.78. The van der Waals surface area contributed by atoms with Crippen molar-refractivity contribution in [3.63, 3.8) is 0 Å². The van der Waals surface area contributed by atoms with Crippen LogP contribution < -0.4 is 5.32 Å². The summed E-state index contributed by atoms with van der Waals surface area (Å²) in [4.78, 5) is 28.8. The van der Waals surface area contributed by atoms with Gasteiger partial charge in [-0.2, -0.15) is 11.3 Å². The molecule has 0 bridgehead atoms. The van der Waals surface area contributed by atoms with Gasteiger partial charge in [0.1, 0.15) is 5.69 Å². The third kappa shape index (κ3) is 3.15. The van der Waals surface area contributed by atoms with E-state index in [1.807, 2.05) is 23.8 Å². The molecule has 0 spiro atoms. The summed E-state index contributed by atoms with van der Waals surface area (Å²) in [6, 6.07) is 1.98. The van der Waals surface area contributed by atoms with Gasteiger partial charge in [-0.05, 0) is 18.4 Å². The zero-order valence-electron chi connectivity index (χ0n) is 11.9. The zero-order chi connectivity index (χ0) is 15.4. The van der Waals surface area contributed by atoms with Crippen molar-refractivity contribution in [3.05, 3.63) is 58.7 Å². The van der Waals surface area contributed by atoms with Gasteiger partial charge in [-0.15, -0.1) is 0 Å². The number of nitrogens with zero attached hydrogens (tertiary/aromatic N) is 4.